The largest absolute Gasteiger partial charge is 0.496 e. The summed E-state index contributed by atoms with van der Waals surface area (Å²) in [5, 5.41) is 0. The van der Waals surface area contributed by atoms with Gasteiger partial charge in [0.05, 0.1) is 12.7 Å². The van der Waals surface area contributed by atoms with Gasteiger partial charge in [0.25, 0.3) is 0 Å². The molecule has 0 aliphatic heterocycles. The maximum atomic E-state index is 12.5. The Balaban J connectivity index is 3.40. The zero-order valence-corrected chi connectivity index (χ0v) is 8.20. The topological polar surface area (TPSA) is 9.23 Å². The summed E-state index contributed by atoms with van der Waals surface area (Å²) in [6, 6.07) is 2.75. The molecule has 0 saturated carbocycles. The van der Waals surface area contributed by atoms with Crippen LogP contribution in [0, 0.1) is 13.8 Å². The Bertz CT molecular complexity index is 342. The summed E-state index contributed by atoms with van der Waals surface area (Å²) in [6.45, 7) is 3.22. The maximum absolute atomic E-state index is 12.5. The fraction of sp³-hybridized carbons (Fsp3) is 0.400. The molecule has 4 heteroatoms. The molecule has 0 aliphatic rings. The van der Waals surface area contributed by atoms with Gasteiger partial charge in [-0.15, -0.1) is 0 Å². The van der Waals surface area contributed by atoms with Gasteiger partial charge in [0.2, 0.25) is 0 Å². The summed E-state index contributed by atoms with van der Waals surface area (Å²) < 4.78 is 42.3. The molecule has 14 heavy (non-hydrogen) atoms. The normalized spacial score (nSPS) is 11.6. The van der Waals surface area contributed by atoms with E-state index in [0.29, 0.717) is 11.1 Å². The highest BCUT2D eigenvalue weighted by Gasteiger charge is 2.35. The molecule has 78 valence electrons. The number of benzene rings is 1. The van der Waals surface area contributed by atoms with Crippen LogP contribution in [0.25, 0.3) is 0 Å². The first kappa shape index (κ1) is 10.9. The van der Waals surface area contributed by atoms with E-state index in [0.717, 1.165) is 6.07 Å². The van der Waals surface area contributed by atoms with Gasteiger partial charge in [-0.1, -0.05) is 6.07 Å². The number of alkyl halides is 3. The number of hydrogen-bond acceptors (Lipinski definition) is 1. The van der Waals surface area contributed by atoms with Crippen LogP contribution in [0.15, 0.2) is 12.1 Å². The van der Waals surface area contributed by atoms with Crippen LogP contribution in [-0.4, -0.2) is 7.11 Å². The van der Waals surface area contributed by atoms with E-state index in [1.54, 1.807) is 19.9 Å². The van der Waals surface area contributed by atoms with Gasteiger partial charge in [0.15, 0.2) is 0 Å². The van der Waals surface area contributed by atoms with Crippen LogP contribution in [0.4, 0.5) is 13.2 Å². The van der Waals surface area contributed by atoms with Crippen LogP contribution in [0.1, 0.15) is 16.7 Å². The van der Waals surface area contributed by atoms with E-state index in [1.807, 2.05) is 0 Å². The second-order valence-corrected chi connectivity index (χ2v) is 3.16. The molecular formula is C10H11F3O. The zero-order valence-electron chi connectivity index (χ0n) is 8.20. The molecule has 0 unspecified atom stereocenters. The van der Waals surface area contributed by atoms with Crippen molar-refractivity contribution in [1.82, 2.24) is 0 Å². The summed E-state index contributed by atoms with van der Waals surface area (Å²) in [5.41, 5.74) is 0.368. The van der Waals surface area contributed by atoms with E-state index >= 15 is 0 Å². The average molecular weight is 204 g/mol. The third-order valence-electron chi connectivity index (χ3n) is 1.93. The highest BCUT2D eigenvalue weighted by Crippen LogP contribution is 2.38. The second kappa shape index (κ2) is 3.52. The first-order chi connectivity index (χ1) is 6.36. The Morgan fingerprint density at radius 3 is 2.14 bits per heavy atom. The van der Waals surface area contributed by atoms with E-state index in [9.17, 15) is 13.2 Å². The van der Waals surface area contributed by atoms with Crippen molar-refractivity contribution in [3.63, 3.8) is 0 Å². The van der Waals surface area contributed by atoms with Crippen LogP contribution in [-0.2, 0) is 6.18 Å². The van der Waals surface area contributed by atoms with E-state index in [4.69, 9.17) is 4.74 Å². The minimum Gasteiger partial charge on any atom is -0.496 e. The Hall–Kier alpha value is -1.19. The third-order valence-corrected chi connectivity index (χ3v) is 1.93. The molecule has 0 radical (unpaired) electrons. The predicted molar refractivity (Wildman–Crippen MR) is 47.5 cm³/mol. The maximum Gasteiger partial charge on any atom is 0.419 e. The average Bonchev–Trinajstić information content (AvgIpc) is 2.01. The lowest BCUT2D eigenvalue weighted by molar-refractivity contribution is -0.138. The molecule has 0 aliphatic carbocycles. The highest BCUT2D eigenvalue weighted by molar-refractivity contribution is 5.45. The van der Waals surface area contributed by atoms with Gasteiger partial charge in [-0.05, 0) is 31.0 Å². The van der Waals surface area contributed by atoms with Crippen molar-refractivity contribution in [3.05, 3.63) is 28.8 Å². The van der Waals surface area contributed by atoms with Crippen LogP contribution in [0.3, 0.4) is 0 Å². The summed E-state index contributed by atoms with van der Waals surface area (Å²) in [6.07, 6.45) is -4.36. The minimum atomic E-state index is -4.36. The van der Waals surface area contributed by atoms with Crippen LogP contribution >= 0.6 is 0 Å². The summed E-state index contributed by atoms with van der Waals surface area (Å²) in [5.74, 6) is -0.0944. The van der Waals surface area contributed by atoms with Gasteiger partial charge >= 0.3 is 6.18 Å². The Labute approximate surface area is 80.5 Å². The molecular weight excluding hydrogens is 193 g/mol. The molecule has 1 aromatic carbocycles. The monoisotopic (exact) mass is 204 g/mol. The van der Waals surface area contributed by atoms with Crippen molar-refractivity contribution >= 4 is 0 Å². The summed E-state index contributed by atoms with van der Waals surface area (Å²) in [4.78, 5) is 0. The number of ether oxygens (including phenoxy) is 1. The first-order valence-corrected chi connectivity index (χ1v) is 4.08. The second-order valence-electron chi connectivity index (χ2n) is 3.16. The van der Waals surface area contributed by atoms with Crippen molar-refractivity contribution in [1.29, 1.82) is 0 Å². The molecule has 0 N–H and O–H groups in total. The molecule has 0 amide bonds. The quantitative estimate of drug-likeness (QED) is 0.681. The van der Waals surface area contributed by atoms with Crippen LogP contribution in [0.5, 0.6) is 5.75 Å². The fourth-order valence-corrected chi connectivity index (χ4v) is 1.44. The lowest BCUT2D eigenvalue weighted by Crippen LogP contribution is -2.08. The number of halogens is 3. The Morgan fingerprint density at radius 1 is 1.14 bits per heavy atom. The van der Waals surface area contributed by atoms with Crippen LogP contribution in [0.2, 0.25) is 0 Å². The minimum absolute atomic E-state index is 0.0944. The van der Waals surface area contributed by atoms with E-state index in [-0.39, 0.29) is 5.75 Å². The van der Waals surface area contributed by atoms with Gasteiger partial charge < -0.3 is 4.74 Å². The van der Waals surface area contributed by atoms with Crippen molar-refractivity contribution in [2.24, 2.45) is 0 Å². The smallest absolute Gasteiger partial charge is 0.419 e. The molecule has 1 aromatic rings. The zero-order chi connectivity index (χ0) is 10.9. The van der Waals surface area contributed by atoms with Gasteiger partial charge in [0.1, 0.15) is 5.75 Å². The van der Waals surface area contributed by atoms with Gasteiger partial charge in [0, 0.05) is 0 Å². The van der Waals surface area contributed by atoms with Gasteiger partial charge in [-0.25, -0.2) is 0 Å². The molecule has 0 spiro atoms. The van der Waals surface area contributed by atoms with Crippen molar-refractivity contribution in [3.8, 4) is 5.75 Å². The van der Waals surface area contributed by atoms with Crippen molar-refractivity contribution < 1.29 is 17.9 Å². The summed E-state index contributed by atoms with van der Waals surface area (Å²) in [7, 11) is 1.24. The standard InChI is InChI=1S/C10H11F3O/c1-6-4-7(2)9(14-3)8(5-6)10(11,12)13/h4-5H,1-3H3. The van der Waals surface area contributed by atoms with E-state index < -0.39 is 11.7 Å². The van der Waals surface area contributed by atoms with E-state index in [1.165, 1.54) is 7.11 Å². The number of rotatable bonds is 1. The molecule has 0 fully saturated rings. The van der Waals surface area contributed by atoms with Crippen LogP contribution < -0.4 is 4.74 Å². The van der Waals surface area contributed by atoms with Crippen molar-refractivity contribution in [2.45, 2.75) is 20.0 Å². The third kappa shape index (κ3) is 2.00. The number of hydrogen-bond donors (Lipinski definition) is 0. The van der Waals surface area contributed by atoms with Gasteiger partial charge in [-0.3, -0.25) is 0 Å². The van der Waals surface area contributed by atoms with E-state index in [2.05, 4.69) is 0 Å². The number of aryl methyl sites for hydroxylation is 2. The molecule has 0 bridgehead atoms. The molecule has 0 saturated heterocycles. The fourth-order valence-electron chi connectivity index (χ4n) is 1.44. The van der Waals surface area contributed by atoms with Gasteiger partial charge in [-0.2, -0.15) is 13.2 Å². The first-order valence-electron chi connectivity index (χ1n) is 4.08. The van der Waals surface area contributed by atoms with Crippen molar-refractivity contribution in [2.75, 3.05) is 7.11 Å². The number of methoxy groups -OCH3 is 1. The summed E-state index contributed by atoms with van der Waals surface area (Å²) >= 11 is 0. The predicted octanol–water partition coefficient (Wildman–Crippen LogP) is 3.33. The highest BCUT2D eigenvalue weighted by atomic mass is 19.4. The molecule has 0 atom stereocenters. The molecule has 1 rings (SSSR count). The Morgan fingerprint density at radius 2 is 1.71 bits per heavy atom. The Kier molecular flexibility index (Phi) is 2.73. The SMILES string of the molecule is COc1c(C)cc(C)cc1C(F)(F)F. The lowest BCUT2D eigenvalue weighted by Gasteiger charge is -2.14. The molecule has 0 aromatic heterocycles. The lowest BCUT2D eigenvalue weighted by atomic mass is 10.1. The molecule has 1 nitrogen and oxygen atoms in total. The molecule has 0 heterocycles.